The maximum atomic E-state index is 5.61. The van der Waals surface area contributed by atoms with Crippen LogP contribution in [0.3, 0.4) is 0 Å². The van der Waals surface area contributed by atoms with Crippen LogP contribution in [-0.4, -0.2) is 39.5 Å². The van der Waals surface area contributed by atoms with Gasteiger partial charge in [0.05, 0.1) is 0 Å². The molecule has 72 valence electrons. The summed E-state index contributed by atoms with van der Waals surface area (Å²) in [5, 5.41) is 0. The van der Waals surface area contributed by atoms with E-state index in [1.54, 1.807) is 0 Å². The third-order valence-electron chi connectivity index (χ3n) is 1.66. The molecule has 0 rings (SSSR count). The van der Waals surface area contributed by atoms with E-state index in [0.717, 1.165) is 42.2 Å². The minimum atomic E-state index is -0.218. The zero-order chi connectivity index (χ0) is 9.45. The van der Waals surface area contributed by atoms with Gasteiger partial charge in [0.25, 0.3) is 0 Å². The molecule has 0 aromatic carbocycles. The molecule has 0 saturated heterocycles. The Labute approximate surface area is 89.1 Å². The van der Waals surface area contributed by atoms with Gasteiger partial charge >= 0.3 is 89.0 Å². The Balaban J connectivity index is 3.80. The first-order valence-electron chi connectivity index (χ1n) is 4.75. The second-order valence-corrected chi connectivity index (χ2v) is 5.29. The summed E-state index contributed by atoms with van der Waals surface area (Å²) >= 11 is 1.03. The van der Waals surface area contributed by atoms with E-state index in [9.17, 15) is 0 Å². The first-order valence-corrected chi connectivity index (χ1v) is 6.40. The Morgan fingerprint density at radius 1 is 1.08 bits per heavy atom. The molecule has 0 bridgehead atoms. The van der Waals surface area contributed by atoms with Crippen molar-refractivity contribution < 1.29 is 9.47 Å². The zero-order valence-corrected chi connectivity index (χ0v) is 11.7. The summed E-state index contributed by atoms with van der Waals surface area (Å²) in [7, 11) is 0. The van der Waals surface area contributed by atoms with Crippen molar-refractivity contribution in [3.8, 4) is 0 Å². The number of rotatable bonds is 7. The number of unbranched alkanes of at least 4 members (excludes halogenated alkanes) is 1. The Hall–Kier alpha value is 0.719. The molecule has 0 aliphatic rings. The van der Waals surface area contributed by atoms with Crippen LogP contribution >= 0.6 is 0 Å². The molecule has 0 unspecified atom stereocenters. The fourth-order valence-corrected chi connectivity index (χ4v) is 2.63. The molecule has 0 amide bonds. The van der Waals surface area contributed by atoms with Gasteiger partial charge in [0.1, 0.15) is 0 Å². The second-order valence-electron chi connectivity index (χ2n) is 2.78. The fraction of sp³-hybridized carbons (Fsp3) is 1.00. The summed E-state index contributed by atoms with van der Waals surface area (Å²) in [5.41, 5.74) is 0. The monoisotopic (exact) mass is 280 g/mol. The van der Waals surface area contributed by atoms with Crippen LogP contribution in [0.5, 0.6) is 0 Å². The molecule has 0 atom stereocenters. The minimum absolute atomic E-state index is 0.218. The van der Waals surface area contributed by atoms with Crippen molar-refractivity contribution in [3.05, 3.63) is 0 Å². The van der Waals surface area contributed by atoms with Crippen LogP contribution in [-0.2, 0) is 9.47 Å². The molecular formula is C9H20O2Sn. The standard InChI is InChI=1S/C9H19O2.Sn.H/c1-4-7-8-9(10-5-2)11-6-3;;/h4-8H2,1-3H3;;. The first-order chi connectivity index (χ1) is 5.68. The van der Waals surface area contributed by atoms with E-state index in [1.165, 1.54) is 12.8 Å². The molecule has 0 fully saturated rings. The summed E-state index contributed by atoms with van der Waals surface area (Å²) in [6.07, 6.45) is 3.46. The van der Waals surface area contributed by atoms with Gasteiger partial charge in [-0.25, -0.2) is 0 Å². The summed E-state index contributed by atoms with van der Waals surface area (Å²) in [6, 6.07) is 0. The van der Waals surface area contributed by atoms with E-state index in [2.05, 4.69) is 6.92 Å². The Kier molecular flexibility index (Phi) is 7.58. The van der Waals surface area contributed by atoms with Crippen molar-refractivity contribution in [2.45, 2.75) is 43.8 Å². The van der Waals surface area contributed by atoms with E-state index in [4.69, 9.17) is 9.47 Å². The van der Waals surface area contributed by atoms with E-state index >= 15 is 0 Å². The normalized spacial score (nSPS) is 12.0. The van der Waals surface area contributed by atoms with Gasteiger partial charge in [-0.15, -0.1) is 0 Å². The predicted molar refractivity (Wildman–Crippen MR) is 52.7 cm³/mol. The average Bonchev–Trinajstić information content (AvgIpc) is 2.02. The third kappa shape index (κ3) is 5.38. The van der Waals surface area contributed by atoms with Gasteiger partial charge in [-0.1, -0.05) is 0 Å². The summed E-state index contributed by atoms with van der Waals surface area (Å²) in [6.45, 7) is 7.75. The SMILES string of the molecule is CCCC[C]([SnH])(OCC)OCC. The van der Waals surface area contributed by atoms with Crippen LogP contribution in [0.4, 0.5) is 0 Å². The number of hydrogen-bond acceptors (Lipinski definition) is 2. The van der Waals surface area contributed by atoms with Gasteiger partial charge < -0.3 is 0 Å². The van der Waals surface area contributed by atoms with E-state index in [1.807, 2.05) is 13.8 Å². The van der Waals surface area contributed by atoms with Crippen LogP contribution in [0, 0.1) is 0 Å². The van der Waals surface area contributed by atoms with Crippen molar-refractivity contribution in [1.29, 1.82) is 0 Å². The topological polar surface area (TPSA) is 18.5 Å². The molecule has 0 aromatic heterocycles. The summed E-state index contributed by atoms with van der Waals surface area (Å²) in [5.74, 6) is 0. The van der Waals surface area contributed by atoms with Crippen molar-refractivity contribution >= 4 is 22.5 Å². The Bertz CT molecular complexity index is 101. The van der Waals surface area contributed by atoms with Gasteiger partial charge in [-0.3, -0.25) is 0 Å². The van der Waals surface area contributed by atoms with Crippen LogP contribution in [0.15, 0.2) is 0 Å². The summed E-state index contributed by atoms with van der Waals surface area (Å²) < 4.78 is 11.0. The van der Waals surface area contributed by atoms with Gasteiger partial charge in [-0.2, -0.15) is 0 Å². The van der Waals surface area contributed by atoms with Crippen LogP contribution < -0.4 is 0 Å². The van der Waals surface area contributed by atoms with Gasteiger partial charge in [0, 0.05) is 0 Å². The van der Waals surface area contributed by atoms with Crippen LogP contribution in [0.25, 0.3) is 0 Å². The molecule has 0 aromatic rings. The molecule has 0 aliphatic heterocycles. The molecule has 3 heteroatoms. The molecule has 0 saturated carbocycles. The molecule has 0 aliphatic carbocycles. The molecule has 2 nitrogen and oxygen atoms in total. The molecule has 0 heterocycles. The molecule has 0 N–H and O–H groups in total. The molecule has 12 heavy (non-hydrogen) atoms. The van der Waals surface area contributed by atoms with E-state index in [-0.39, 0.29) is 3.80 Å². The Morgan fingerprint density at radius 2 is 1.58 bits per heavy atom. The van der Waals surface area contributed by atoms with Crippen molar-refractivity contribution in [2.24, 2.45) is 0 Å². The van der Waals surface area contributed by atoms with Crippen LogP contribution in [0.2, 0.25) is 0 Å². The van der Waals surface area contributed by atoms with Crippen molar-refractivity contribution in [2.75, 3.05) is 13.2 Å². The van der Waals surface area contributed by atoms with Crippen LogP contribution in [0.1, 0.15) is 40.0 Å². The van der Waals surface area contributed by atoms with Gasteiger partial charge in [0.15, 0.2) is 0 Å². The third-order valence-corrected chi connectivity index (χ3v) is 3.43. The zero-order valence-electron chi connectivity index (χ0n) is 8.43. The first kappa shape index (κ1) is 12.7. The second kappa shape index (κ2) is 7.15. The number of ether oxygens (including phenoxy) is 2. The maximum absolute atomic E-state index is 5.61. The molecule has 2 radical (unpaired) electrons. The molecule has 0 spiro atoms. The quantitative estimate of drug-likeness (QED) is 0.522. The summed E-state index contributed by atoms with van der Waals surface area (Å²) in [4.78, 5) is 0. The van der Waals surface area contributed by atoms with Crippen molar-refractivity contribution in [1.82, 2.24) is 0 Å². The Morgan fingerprint density at radius 3 is 1.92 bits per heavy atom. The van der Waals surface area contributed by atoms with Gasteiger partial charge in [0.2, 0.25) is 0 Å². The molecular weight excluding hydrogens is 259 g/mol. The van der Waals surface area contributed by atoms with E-state index in [0.29, 0.717) is 0 Å². The van der Waals surface area contributed by atoms with Gasteiger partial charge in [-0.05, 0) is 0 Å². The predicted octanol–water partition coefficient (Wildman–Crippen LogP) is 1.80. The fourth-order valence-electron chi connectivity index (χ4n) is 1.10. The van der Waals surface area contributed by atoms with E-state index < -0.39 is 0 Å². The number of hydrogen-bond donors (Lipinski definition) is 0. The van der Waals surface area contributed by atoms with Crippen molar-refractivity contribution in [3.63, 3.8) is 0 Å². The average molecular weight is 279 g/mol.